The van der Waals surface area contributed by atoms with E-state index in [2.05, 4.69) is 14.9 Å². The fourth-order valence-electron chi connectivity index (χ4n) is 2.90. The molecule has 0 aliphatic carbocycles. The number of benzene rings is 1. The number of rotatable bonds is 6. The molecule has 0 amide bonds. The summed E-state index contributed by atoms with van der Waals surface area (Å²) in [5.74, 6) is 1.94. The Kier molecular flexibility index (Phi) is 6.18. The largest absolute Gasteiger partial charge is 0.478 e. The number of anilines is 1. The van der Waals surface area contributed by atoms with Gasteiger partial charge < -0.3 is 9.64 Å². The molecule has 1 aliphatic heterocycles. The van der Waals surface area contributed by atoms with Crippen LogP contribution in [0.1, 0.15) is 19.2 Å². The number of aromatic nitrogens is 2. The Bertz CT molecular complexity index is 899. The van der Waals surface area contributed by atoms with Crippen molar-refractivity contribution in [2.24, 2.45) is 0 Å². The van der Waals surface area contributed by atoms with Gasteiger partial charge >= 0.3 is 0 Å². The van der Waals surface area contributed by atoms with Gasteiger partial charge in [-0.3, -0.25) is 0 Å². The third-order valence-electron chi connectivity index (χ3n) is 4.25. The van der Waals surface area contributed by atoms with E-state index in [4.69, 9.17) is 16.3 Å². The minimum atomic E-state index is -3.55. The summed E-state index contributed by atoms with van der Waals surface area (Å²) in [5.41, 5.74) is 0. The van der Waals surface area contributed by atoms with Crippen molar-refractivity contribution in [2.45, 2.75) is 25.2 Å². The maximum Gasteiger partial charge on any atom is 0.243 e. The Balaban J connectivity index is 1.71. The second kappa shape index (κ2) is 8.41. The molecule has 0 unspecified atom stereocenters. The fourth-order valence-corrected chi connectivity index (χ4v) is 4.63. The molecule has 1 fully saturated rings. The zero-order valence-electron chi connectivity index (χ0n) is 15.4. The lowest BCUT2D eigenvalue weighted by atomic mass is 10.3. The minimum Gasteiger partial charge on any atom is -0.478 e. The molecule has 2 aromatic rings. The average Bonchev–Trinajstić information content (AvgIpc) is 2.66. The first-order valence-electron chi connectivity index (χ1n) is 8.89. The second-order valence-corrected chi connectivity index (χ2v) is 8.68. The highest BCUT2D eigenvalue weighted by Crippen LogP contribution is 2.23. The quantitative estimate of drug-likeness (QED) is 0.728. The van der Waals surface area contributed by atoms with E-state index in [0.29, 0.717) is 49.5 Å². The molecule has 2 heterocycles. The summed E-state index contributed by atoms with van der Waals surface area (Å²) in [6, 6.07) is 8.16. The van der Waals surface area contributed by atoms with Crippen LogP contribution in [-0.2, 0) is 10.0 Å². The zero-order chi connectivity index (χ0) is 19.4. The molecule has 1 aromatic carbocycles. The number of piperazine rings is 1. The van der Waals surface area contributed by atoms with Crippen LogP contribution >= 0.6 is 11.6 Å². The molecule has 1 aromatic heterocycles. The molecular weight excluding hydrogens is 388 g/mol. The van der Waals surface area contributed by atoms with E-state index in [-0.39, 0.29) is 4.90 Å². The van der Waals surface area contributed by atoms with Gasteiger partial charge in [0.25, 0.3) is 0 Å². The number of ether oxygens (including phenoxy) is 1. The average molecular weight is 411 g/mol. The summed E-state index contributed by atoms with van der Waals surface area (Å²) in [6.45, 7) is 6.30. The van der Waals surface area contributed by atoms with E-state index >= 15 is 0 Å². The lowest BCUT2D eigenvalue weighted by Gasteiger charge is -2.34. The van der Waals surface area contributed by atoms with Gasteiger partial charge in [0.15, 0.2) is 0 Å². The predicted octanol–water partition coefficient (Wildman–Crippen LogP) is 2.74. The first-order valence-corrected chi connectivity index (χ1v) is 10.7. The highest BCUT2D eigenvalue weighted by molar-refractivity contribution is 7.89. The molecule has 0 atom stereocenters. The summed E-state index contributed by atoms with van der Waals surface area (Å²) in [6.07, 6.45) is 0.901. The SMILES string of the molecule is CCCOc1cc(N2CCN(S(=O)(=O)c3cccc(Cl)c3)CC2)nc(C)n1. The van der Waals surface area contributed by atoms with Crippen molar-refractivity contribution in [1.82, 2.24) is 14.3 Å². The molecular formula is C18H23ClN4O3S. The van der Waals surface area contributed by atoms with E-state index in [9.17, 15) is 8.42 Å². The number of aryl methyl sites for hydroxylation is 1. The molecule has 0 spiro atoms. The molecule has 1 aliphatic rings. The maximum atomic E-state index is 12.8. The predicted molar refractivity (Wildman–Crippen MR) is 105 cm³/mol. The van der Waals surface area contributed by atoms with Crippen molar-refractivity contribution in [3.8, 4) is 5.88 Å². The van der Waals surface area contributed by atoms with E-state index in [1.165, 1.54) is 10.4 Å². The summed E-state index contributed by atoms with van der Waals surface area (Å²) in [7, 11) is -3.55. The summed E-state index contributed by atoms with van der Waals surface area (Å²) in [5, 5.41) is 0.408. The van der Waals surface area contributed by atoms with Crippen molar-refractivity contribution in [3.05, 3.63) is 41.2 Å². The van der Waals surface area contributed by atoms with Gasteiger partial charge in [-0.05, 0) is 31.5 Å². The molecule has 1 saturated heterocycles. The molecule has 146 valence electrons. The highest BCUT2D eigenvalue weighted by Gasteiger charge is 2.29. The van der Waals surface area contributed by atoms with Crippen molar-refractivity contribution >= 4 is 27.4 Å². The van der Waals surface area contributed by atoms with Crippen molar-refractivity contribution in [2.75, 3.05) is 37.7 Å². The fraction of sp³-hybridized carbons (Fsp3) is 0.444. The van der Waals surface area contributed by atoms with Gasteiger partial charge in [-0.15, -0.1) is 0 Å². The van der Waals surface area contributed by atoms with Gasteiger partial charge in [0.1, 0.15) is 11.6 Å². The van der Waals surface area contributed by atoms with Crippen molar-refractivity contribution in [1.29, 1.82) is 0 Å². The summed E-state index contributed by atoms with van der Waals surface area (Å²) >= 11 is 5.94. The van der Waals surface area contributed by atoms with E-state index in [1.54, 1.807) is 18.2 Å². The lowest BCUT2D eigenvalue weighted by molar-refractivity contribution is 0.303. The van der Waals surface area contributed by atoms with E-state index in [1.807, 2.05) is 19.9 Å². The summed E-state index contributed by atoms with van der Waals surface area (Å²) in [4.78, 5) is 11.0. The Morgan fingerprint density at radius 2 is 1.89 bits per heavy atom. The third kappa shape index (κ3) is 4.69. The van der Waals surface area contributed by atoms with Crippen LogP contribution in [0.2, 0.25) is 5.02 Å². The number of hydrogen-bond acceptors (Lipinski definition) is 6. The Morgan fingerprint density at radius 3 is 2.56 bits per heavy atom. The maximum absolute atomic E-state index is 12.8. The van der Waals surface area contributed by atoms with Crippen LogP contribution in [0.4, 0.5) is 5.82 Å². The van der Waals surface area contributed by atoms with E-state index in [0.717, 1.165) is 12.2 Å². The summed E-state index contributed by atoms with van der Waals surface area (Å²) < 4.78 is 32.7. The van der Waals surface area contributed by atoms with Gasteiger partial charge in [0, 0.05) is 37.3 Å². The first-order chi connectivity index (χ1) is 12.9. The molecule has 0 bridgehead atoms. The monoisotopic (exact) mass is 410 g/mol. The molecule has 3 rings (SSSR count). The topological polar surface area (TPSA) is 75.6 Å². The third-order valence-corrected chi connectivity index (χ3v) is 6.38. The smallest absolute Gasteiger partial charge is 0.243 e. The lowest BCUT2D eigenvalue weighted by Crippen LogP contribution is -2.49. The van der Waals surface area contributed by atoms with Gasteiger partial charge in [-0.2, -0.15) is 9.29 Å². The molecule has 0 radical (unpaired) electrons. The first kappa shape index (κ1) is 19.9. The van der Waals surface area contributed by atoms with Crippen molar-refractivity contribution in [3.63, 3.8) is 0 Å². The zero-order valence-corrected chi connectivity index (χ0v) is 17.0. The Labute approximate surface area is 165 Å². The van der Waals surface area contributed by atoms with Gasteiger partial charge in [0.2, 0.25) is 15.9 Å². The number of nitrogens with zero attached hydrogens (tertiary/aromatic N) is 4. The highest BCUT2D eigenvalue weighted by atomic mass is 35.5. The molecule has 0 saturated carbocycles. The molecule has 0 N–H and O–H groups in total. The van der Waals surface area contributed by atoms with Crippen molar-refractivity contribution < 1.29 is 13.2 Å². The van der Waals surface area contributed by atoms with Crippen LogP contribution in [0.5, 0.6) is 5.88 Å². The van der Waals surface area contributed by atoms with Crippen LogP contribution in [0.15, 0.2) is 35.2 Å². The van der Waals surface area contributed by atoms with Gasteiger partial charge in [0.05, 0.1) is 11.5 Å². The number of halogens is 1. The van der Waals surface area contributed by atoms with Gasteiger partial charge in [-0.25, -0.2) is 13.4 Å². The Morgan fingerprint density at radius 1 is 1.15 bits per heavy atom. The standard InChI is InChI=1S/C18H23ClN4O3S/c1-3-11-26-18-13-17(20-14(2)21-18)22-7-9-23(10-8-22)27(24,25)16-6-4-5-15(19)12-16/h4-6,12-13H,3,7-11H2,1-2H3. The van der Waals surface area contributed by atoms with Crippen LogP contribution in [-0.4, -0.2) is 55.5 Å². The molecule has 9 heteroatoms. The number of sulfonamides is 1. The van der Waals surface area contributed by atoms with Crippen LogP contribution < -0.4 is 9.64 Å². The van der Waals surface area contributed by atoms with E-state index < -0.39 is 10.0 Å². The second-order valence-electron chi connectivity index (χ2n) is 6.31. The molecule has 27 heavy (non-hydrogen) atoms. The Hall–Kier alpha value is -1.90. The minimum absolute atomic E-state index is 0.219. The van der Waals surface area contributed by atoms with Crippen LogP contribution in [0, 0.1) is 6.92 Å². The molecule has 7 nitrogen and oxygen atoms in total. The normalized spacial score (nSPS) is 15.7. The number of hydrogen-bond donors (Lipinski definition) is 0. The van der Waals surface area contributed by atoms with Gasteiger partial charge in [-0.1, -0.05) is 24.6 Å². The van der Waals surface area contributed by atoms with Crippen LogP contribution in [0.3, 0.4) is 0 Å². The van der Waals surface area contributed by atoms with Crippen LogP contribution in [0.25, 0.3) is 0 Å².